The Morgan fingerprint density at radius 1 is 1.33 bits per heavy atom. The van der Waals surface area contributed by atoms with Crippen molar-refractivity contribution >= 4 is 11.8 Å². The number of fused-ring (bicyclic) bond motifs is 2. The summed E-state index contributed by atoms with van der Waals surface area (Å²) in [5, 5.41) is 11.6. The van der Waals surface area contributed by atoms with Gasteiger partial charge in [0, 0.05) is 37.2 Å². The molecule has 30 heavy (non-hydrogen) atoms. The predicted molar refractivity (Wildman–Crippen MR) is 99.0 cm³/mol. The van der Waals surface area contributed by atoms with Gasteiger partial charge in [0.25, 0.3) is 0 Å². The normalized spacial score (nSPS) is 53.1. The van der Waals surface area contributed by atoms with Crippen LogP contribution >= 0.6 is 0 Å². The van der Waals surface area contributed by atoms with Gasteiger partial charge in [-0.25, -0.2) is 0 Å². The van der Waals surface area contributed by atoms with Crippen molar-refractivity contribution in [3.8, 4) is 0 Å². The van der Waals surface area contributed by atoms with Gasteiger partial charge in [0.1, 0.15) is 6.61 Å². The van der Waals surface area contributed by atoms with E-state index in [1.165, 1.54) is 6.92 Å². The van der Waals surface area contributed by atoms with Gasteiger partial charge in [-0.2, -0.15) is 0 Å². The molecule has 2 bridgehead atoms. The van der Waals surface area contributed by atoms with Gasteiger partial charge >= 0.3 is 5.97 Å². The minimum Gasteiger partial charge on any atom is -0.472 e. The first-order valence-electron chi connectivity index (χ1n) is 10.5. The van der Waals surface area contributed by atoms with E-state index in [9.17, 15) is 14.7 Å². The average Bonchev–Trinajstić information content (AvgIpc) is 3.06. The van der Waals surface area contributed by atoms with Crippen molar-refractivity contribution < 1.29 is 38.1 Å². The highest BCUT2D eigenvalue weighted by molar-refractivity contribution is 5.93. The maximum absolute atomic E-state index is 13.1. The fourth-order valence-corrected chi connectivity index (χ4v) is 7.47. The maximum Gasteiger partial charge on any atom is 0.302 e. The van der Waals surface area contributed by atoms with Crippen molar-refractivity contribution in [1.29, 1.82) is 0 Å². The van der Waals surface area contributed by atoms with Crippen LogP contribution in [0.5, 0.6) is 0 Å². The van der Waals surface area contributed by atoms with Gasteiger partial charge < -0.3 is 28.5 Å². The second-order valence-corrected chi connectivity index (χ2v) is 10.0. The summed E-state index contributed by atoms with van der Waals surface area (Å²) in [7, 11) is 0. The van der Waals surface area contributed by atoms with Crippen LogP contribution in [0, 0.1) is 10.8 Å². The average molecular weight is 418 g/mol. The third kappa shape index (κ3) is 1.70. The largest absolute Gasteiger partial charge is 0.472 e. The maximum atomic E-state index is 13.1. The third-order valence-electron chi connectivity index (χ3n) is 9.02. The molecule has 1 N–H and O–H groups in total. The molecular weight excluding hydrogens is 392 g/mol. The number of hydrogen-bond donors (Lipinski definition) is 1. The van der Waals surface area contributed by atoms with Gasteiger partial charge in [0.2, 0.25) is 0 Å². The molecule has 0 radical (unpaired) electrons. The van der Waals surface area contributed by atoms with E-state index >= 15 is 0 Å². The molecule has 0 unspecified atom stereocenters. The molecule has 3 saturated heterocycles. The van der Waals surface area contributed by atoms with Crippen molar-refractivity contribution in [3.05, 3.63) is 24.2 Å². The van der Waals surface area contributed by atoms with E-state index in [1.807, 2.05) is 13.0 Å². The molecule has 6 rings (SSSR count). The Balaban J connectivity index is 1.60. The first-order valence-corrected chi connectivity index (χ1v) is 10.5. The molecule has 3 aliphatic heterocycles. The standard InChI is InChI=1S/C22H26O8/c1-13(23)27-11-19-16(25)8-18(3)17(2)10-21(29-18,14-5-7-26-9-14)30-22(17,19)6-4-15(24)20(19)12-28-20/h5,7,9,16,25H,4,6,8,10-12H2,1-3H3/t16-,17-,18-,19+,20+,21+,22-/m0/s1. The van der Waals surface area contributed by atoms with Crippen molar-refractivity contribution in [3.63, 3.8) is 0 Å². The molecule has 5 fully saturated rings. The minimum atomic E-state index is -1.20. The number of carbonyl (C=O) groups is 2. The van der Waals surface area contributed by atoms with E-state index in [0.29, 0.717) is 12.8 Å². The third-order valence-corrected chi connectivity index (χ3v) is 9.02. The fraction of sp³-hybridized carbons (Fsp3) is 0.727. The summed E-state index contributed by atoms with van der Waals surface area (Å²) in [5.41, 5.74) is -3.84. The quantitative estimate of drug-likeness (QED) is 0.585. The Labute approximate surface area is 173 Å². The number of aliphatic hydroxyl groups is 1. The number of ether oxygens (including phenoxy) is 4. The van der Waals surface area contributed by atoms with Crippen LogP contribution in [0.15, 0.2) is 23.0 Å². The summed E-state index contributed by atoms with van der Waals surface area (Å²) < 4.78 is 30.2. The van der Waals surface area contributed by atoms with Crippen LogP contribution in [0.4, 0.5) is 0 Å². The predicted octanol–water partition coefficient (Wildman–Crippen LogP) is 1.83. The summed E-state index contributed by atoms with van der Waals surface area (Å²) in [4.78, 5) is 24.9. The fourth-order valence-electron chi connectivity index (χ4n) is 7.47. The lowest BCUT2D eigenvalue weighted by Crippen LogP contribution is -2.82. The van der Waals surface area contributed by atoms with E-state index in [1.54, 1.807) is 12.5 Å². The molecule has 0 amide bonds. The number of hydrogen-bond acceptors (Lipinski definition) is 8. The molecule has 7 atom stereocenters. The number of esters is 1. The molecule has 2 aliphatic carbocycles. The minimum absolute atomic E-state index is 0.0591. The van der Waals surface area contributed by atoms with E-state index in [-0.39, 0.29) is 31.8 Å². The molecule has 2 saturated carbocycles. The van der Waals surface area contributed by atoms with Crippen LogP contribution in [0.3, 0.4) is 0 Å². The van der Waals surface area contributed by atoms with Gasteiger partial charge in [0.15, 0.2) is 17.2 Å². The van der Waals surface area contributed by atoms with Crippen molar-refractivity contribution in [2.75, 3.05) is 13.2 Å². The number of rotatable bonds is 3. The zero-order valence-corrected chi connectivity index (χ0v) is 17.4. The number of ketones is 1. The lowest BCUT2D eigenvalue weighted by molar-refractivity contribution is -0.421. The molecule has 162 valence electrons. The first kappa shape index (κ1) is 19.0. The molecule has 1 aromatic heterocycles. The monoisotopic (exact) mass is 418 g/mol. The molecule has 4 heterocycles. The van der Waals surface area contributed by atoms with Crippen LogP contribution in [0.25, 0.3) is 0 Å². The summed E-state index contributed by atoms with van der Waals surface area (Å²) in [6, 6.07) is 1.83. The number of aliphatic hydroxyl groups excluding tert-OH is 1. The van der Waals surface area contributed by atoms with Crippen LogP contribution in [-0.4, -0.2) is 53.0 Å². The van der Waals surface area contributed by atoms with E-state index < -0.39 is 45.5 Å². The van der Waals surface area contributed by atoms with Crippen molar-refractivity contribution in [2.45, 2.75) is 75.1 Å². The van der Waals surface area contributed by atoms with Crippen LogP contribution in [0.1, 0.15) is 52.0 Å². The van der Waals surface area contributed by atoms with E-state index in [0.717, 1.165) is 5.56 Å². The highest BCUT2D eigenvalue weighted by atomic mass is 16.7. The number of furan rings is 1. The summed E-state index contributed by atoms with van der Waals surface area (Å²) in [6.45, 7) is 5.51. The van der Waals surface area contributed by atoms with Gasteiger partial charge in [0.05, 0.1) is 41.9 Å². The van der Waals surface area contributed by atoms with Gasteiger partial charge in [-0.1, -0.05) is 6.92 Å². The second kappa shape index (κ2) is 5.18. The Morgan fingerprint density at radius 2 is 2.10 bits per heavy atom. The smallest absolute Gasteiger partial charge is 0.302 e. The lowest BCUT2D eigenvalue weighted by Gasteiger charge is -2.69. The SMILES string of the molecule is CC(=O)OC[C@]12[C@@H](O)C[C@]3(C)O[C@]4(c5ccoc5)C[C@]3(C)[C@]1(CCC(=O)[C@]21CO1)O4. The first-order chi connectivity index (χ1) is 14.1. The second-order valence-electron chi connectivity index (χ2n) is 10.0. The summed E-state index contributed by atoms with van der Waals surface area (Å²) in [6.07, 6.45) is 3.72. The van der Waals surface area contributed by atoms with Crippen molar-refractivity contribution in [2.24, 2.45) is 10.8 Å². The molecule has 2 spiro atoms. The van der Waals surface area contributed by atoms with E-state index in [2.05, 4.69) is 6.92 Å². The van der Waals surface area contributed by atoms with Gasteiger partial charge in [-0.15, -0.1) is 0 Å². The molecular formula is C22H26O8. The molecule has 0 aromatic carbocycles. The Hall–Kier alpha value is -1.74. The zero-order chi connectivity index (χ0) is 21.2. The number of carbonyl (C=O) groups excluding carboxylic acids is 2. The van der Waals surface area contributed by atoms with Crippen LogP contribution < -0.4 is 0 Å². The highest BCUT2D eigenvalue weighted by Crippen LogP contribution is 2.81. The number of Topliss-reactive ketones (excluding diaryl/α,β-unsaturated/α-hetero) is 1. The molecule has 8 nitrogen and oxygen atoms in total. The van der Waals surface area contributed by atoms with Gasteiger partial charge in [-0.3, -0.25) is 9.59 Å². The summed E-state index contributed by atoms with van der Waals surface area (Å²) in [5.74, 6) is -1.58. The Bertz CT molecular complexity index is 952. The van der Waals surface area contributed by atoms with Crippen molar-refractivity contribution in [1.82, 2.24) is 0 Å². The Kier molecular flexibility index (Phi) is 3.28. The van der Waals surface area contributed by atoms with Crippen LogP contribution in [-0.2, 0) is 34.3 Å². The Morgan fingerprint density at radius 3 is 2.73 bits per heavy atom. The van der Waals surface area contributed by atoms with E-state index in [4.69, 9.17) is 23.4 Å². The zero-order valence-electron chi connectivity index (χ0n) is 17.4. The molecule has 8 heteroatoms. The number of epoxide rings is 1. The summed E-state index contributed by atoms with van der Waals surface area (Å²) >= 11 is 0. The topological polar surface area (TPSA) is 108 Å². The highest BCUT2D eigenvalue weighted by Gasteiger charge is 2.92. The van der Waals surface area contributed by atoms with Crippen LogP contribution in [0.2, 0.25) is 0 Å². The molecule has 1 aromatic rings. The van der Waals surface area contributed by atoms with Gasteiger partial charge in [-0.05, 0) is 19.4 Å². The lowest BCUT2D eigenvalue weighted by atomic mass is 9.40. The molecule has 5 aliphatic rings.